The van der Waals surface area contributed by atoms with Gasteiger partial charge in [0.2, 0.25) is 0 Å². The number of rotatable bonds is 2. The lowest BCUT2D eigenvalue weighted by Gasteiger charge is -2.27. The van der Waals surface area contributed by atoms with Crippen molar-refractivity contribution in [3.05, 3.63) is 144 Å². The Morgan fingerprint density at radius 3 is 1.30 bits per heavy atom. The molecule has 0 fully saturated rings. The molecule has 54 heavy (non-hydrogen) atoms. The highest BCUT2D eigenvalue weighted by atomic mass is 32.1. The zero-order valence-electron chi connectivity index (χ0n) is 29.7. The van der Waals surface area contributed by atoms with Crippen LogP contribution in [0.5, 0.6) is 0 Å². The van der Waals surface area contributed by atoms with Gasteiger partial charge < -0.3 is 9.13 Å². The normalized spacial score (nSPS) is 12.3. The van der Waals surface area contributed by atoms with Gasteiger partial charge in [-0.25, -0.2) is 0 Å². The van der Waals surface area contributed by atoms with Crippen LogP contribution in [0.2, 0.25) is 0 Å². The molecule has 0 aliphatic rings. The number of thiophene rings is 2. The summed E-state index contributed by atoms with van der Waals surface area (Å²) >= 11 is 3.64. The minimum Gasteiger partial charge on any atom is -0.308 e. The first-order valence-corrected chi connectivity index (χ1v) is 19.7. The first-order chi connectivity index (χ1) is 26.4. The summed E-state index contributed by atoms with van der Waals surface area (Å²) in [4.78, 5) is 0. The van der Waals surface area contributed by atoms with Crippen molar-refractivity contribution in [3.63, 3.8) is 0 Å². The maximum absolute atomic E-state index is 11.2. The van der Waals surface area contributed by atoms with E-state index in [1.165, 1.54) is 51.1 Å². The molecule has 4 heterocycles. The summed E-state index contributed by atoms with van der Waals surface area (Å²) in [5.74, 6) is 0. The zero-order valence-corrected chi connectivity index (χ0v) is 31.4. The molecule has 11 rings (SSSR count). The van der Waals surface area contributed by atoms with E-state index in [1.807, 2.05) is 22.7 Å². The topological polar surface area (TPSA) is 57.4 Å². The maximum Gasteiger partial charge on any atom is 0.102 e. The van der Waals surface area contributed by atoms with Crippen molar-refractivity contribution >= 4 is 107 Å². The SMILES string of the molecule is CC(C)(C)c1c(C#N)c(-n2c3ccccc3c3c4sc5ccccc5c4ccc32)cc(-n2c3ccccc3c3c4sc5ccccc5c4ccc32)c1C#N. The van der Waals surface area contributed by atoms with Gasteiger partial charge in [-0.15, -0.1) is 22.7 Å². The Labute approximate surface area is 318 Å². The largest absolute Gasteiger partial charge is 0.308 e. The molecule has 0 bridgehead atoms. The number of benzene rings is 7. The molecule has 0 atom stereocenters. The molecule has 0 saturated carbocycles. The van der Waals surface area contributed by atoms with Crippen LogP contribution in [0.3, 0.4) is 0 Å². The van der Waals surface area contributed by atoms with E-state index < -0.39 is 5.41 Å². The van der Waals surface area contributed by atoms with Crippen molar-refractivity contribution < 1.29 is 0 Å². The molecule has 6 heteroatoms. The minimum absolute atomic E-state index is 0.518. The van der Waals surface area contributed by atoms with Crippen LogP contribution < -0.4 is 0 Å². The number of hydrogen-bond acceptors (Lipinski definition) is 4. The number of nitrogens with zero attached hydrogens (tertiary/aromatic N) is 4. The highest BCUT2D eigenvalue weighted by Gasteiger charge is 2.31. The molecule has 11 aromatic rings. The average molecular weight is 727 g/mol. The molecule has 0 aliphatic heterocycles. The van der Waals surface area contributed by atoms with Crippen LogP contribution in [0.25, 0.3) is 95.3 Å². The van der Waals surface area contributed by atoms with Crippen LogP contribution in [-0.2, 0) is 5.41 Å². The van der Waals surface area contributed by atoms with Crippen molar-refractivity contribution in [3.8, 4) is 23.5 Å². The molecule has 4 nitrogen and oxygen atoms in total. The third-order valence-corrected chi connectivity index (χ3v) is 13.5. The maximum atomic E-state index is 11.2. The summed E-state index contributed by atoms with van der Waals surface area (Å²) < 4.78 is 9.52. The van der Waals surface area contributed by atoms with Crippen molar-refractivity contribution in [2.75, 3.05) is 0 Å². The van der Waals surface area contributed by atoms with Gasteiger partial charge in [0.25, 0.3) is 0 Å². The predicted molar refractivity (Wildman–Crippen MR) is 229 cm³/mol. The van der Waals surface area contributed by atoms with Crippen LogP contribution in [0.15, 0.2) is 127 Å². The third kappa shape index (κ3) is 4.04. The lowest BCUT2D eigenvalue weighted by molar-refractivity contribution is 0.586. The lowest BCUT2D eigenvalue weighted by Crippen LogP contribution is -2.19. The van der Waals surface area contributed by atoms with Gasteiger partial charge in [-0.05, 0) is 53.4 Å². The summed E-state index contributed by atoms with van der Waals surface area (Å²) in [5, 5.41) is 32.0. The van der Waals surface area contributed by atoms with E-state index in [2.05, 4.69) is 169 Å². The number of fused-ring (bicyclic) bond motifs is 14. The second kappa shape index (κ2) is 11.0. The smallest absolute Gasteiger partial charge is 0.102 e. The highest BCUT2D eigenvalue weighted by Crippen LogP contribution is 2.47. The van der Waals surface area contributed by atoms with E-state index in [4.69, 9.17) is 0 Å². The van der Waals surface area contributed by atoms with E-state index in [-0.39, 0.29) is 0 Å². The van der Waals surface area contributed by atoms with Gasteiger partial charge in [-0.3, -0.25) is 0 Å². The Kier molecular flexibility index (Phi) is 6.36. The first-order valence-electron chi connectivity index (χ1n) is 18.1. The van der Waals surface area contributed by atoms with Gasteiger partial charge in [-0.1, -0.05) is 106 Å². The molecule has 0 aliphatic carbocycles. The second-order valence-electron chi connectivity index (χ2n) is 15.1. The van der Waals surface area contributed by atoms with Crippen LogP contribution in [0.4, 0.5) is 0 Å². The van der Waals surface area contributed by atoms with E-state index in [0.29, 0.717) is 11.1 Å². The summed E-state index contributed by atoms with van der Waals surface area (Å²) in [6.45, 7) is 6.32. The molecular weight excluding hydrogens is 697 g/mol. The molecule has 4 aromatic heterocycles. The molecule has 0 saturated heterocycles. The van der Waals surface area contributed by atoms with Crippen molar-refractivity contribution in [1.82, 2.24) is 9.13 Å². The second-order valence-corrected chi connectivity index (χ2v) is 17.2. The molecular formula is C48H30N4S2. The van der Waals surface area contributed by atoms with Crippen LogP contribution in [-0.4, -0.2) is 9.13 Å². The summed E-state index contributed by atoms with van der Waals surface area (Å²) in [5.41, 5.74) is 6.96. The zero-order chi connectivity index (χ0) is 36.5. The van der Waals surface area contributed by atoms with Crippen LogP contribution in [0.1, 0.15) is 37.5 Å². The fraction of sp³-hybridized carbons (Fsp3) is 0.0833. The van der Waals surface area contributed by atoms with Crippen molar-refractivity contribution in [2.45, 2.75) is 26.2 Å². The first kappa shape index (κ1) is 31.1. The number of para-hydroxylation sites is 2. The number of nitriles is 2. The molecule has 0 spiro atoms. The fourth-order valence-electron chi connectivity index (χ4n) is 8.97. The van der Waals surface area contributed by atoms with Crippen LogP contribution in [0, 0.1) is 22.7 Å². The van der Waals surface area contributed by atoms with Crippen molar-refractivity contribution in [2.24, 2.45) is 0 Å². The van der Waals surface area contributed by atoms with Gasteiger partial charge in [0.15, 0.2) is 0 Å². The van der Waals surface area contributed by atoms with Crippen molar-refractivity contribution in [1.29, 1.82) is 10.5 Å². The quantitative estimate of drug-likeness (QED) is 0.178. The standard InChI is InChI=1S/C48H30N4S2/c1-48(2,3)45-33(25-49)39(51-35-16-8-4-14-31(35)43-37(51)22-20-29-27-12-6-10-18-41(27)53-46(29)43)24-40(34(45)26-50)52-36-17-9-5-15-32(36)44-38(52)23-21-30-28-13-7-11-19-42(28)54-47(30)44/h4-24H,1-3H3. The van der Waals surface area contributed by atoms with E-state index >= 15 is 0 Å². The van der Waals surface area contributed by atoms with Gasteiger partial charge in [0.1, 0.15) is 12.1 Å². The lowest BCUT2D eigenvalue weighted by atomic mass is 9.79. The minimum atomic E-state index is -0.518. The summed E-state index contributed by atoms with van der Waals surface area (Å²) in [6, 6.07) is 50.5. The van der Waals surface area contributed by atoms with Gasteiger partial charge in [0, 0.05) is 61.9 Å². The highest BCUT2D eigenvalue weighted by molar-refractivity contribution is 7.27. The Morgan fingerprint density at radius 2 is 0.870 bits per heavy atom. The van der Waals surface area contributed by atoms with E-state index in [9.17, 15) is 10.5 Å². The van der Waals surface area contributed by atoms with Crippen LogP contribution >= 0.6 is 22.7 Å². The molecule has 0 unspecified atom stereocenters. The van der Waals surface area contributed by atoms with Gasteiger partial charge in [-0.2, -0.15) is 10.5 Å². The van der Waals surface area contributed by atoms with Gasteiger partial charge in [0.05, 0.1) is 44.6 Å². The Hall–Kier alpha value is -6.44. The Morgan fingerprint density at radius 1 is 0.463 bits per heavy atom. The molecule has 0 amide bonds. The van der Waals surface area contributed by atoms with Gasteiger partial charge >= 0.3 is 0 Å². The molecule has 0 N–H and O–H groups in total. The summed E-state index contributed by atoms with van der Waals surface area (Å²) in [6.07, 6.45) is 0. The molecule has 254 valence electrons. The number of aromatic nitrogens is 2. The third-order valence-electron chi connectivity index (χ3n) is 11.1. The summed E-state index contributed by atoms with van der Waals surface area (Å²) in [7, 11) is 0. The monoisotopic (exact) mass is 726 g/mol. The Bertz CT molecular complexity index is 3290. The average Bonchev–Trinajstić information content (AvgIpc) is 3.94. The predicted octanol–water partition coefficient (Wildman–Crippen LogP) is 13.7. The van der Waals surface area contributed by atoms with E-state index in [0.717, 1.165) is 49.8 Å². The Balaban J connectivity index is 1.33. The van der Waals surface area contributed by atoms with E-state index in [1.54, 1.807) is 0 Å². The molecule has 0 radical (unpaired) electrons. The fourth-order valence-corrected chi connectivity index (χ4v) is 11.5. The molecule has 7 aromatic carbocycles. The number of hydrogen-bond donors (Lipinski definition) is 0.